The Balaban J connectivity index is 1.77. The summed E-state index contributed by atoms with van der Waals surface area (Å²) in [4.78, 5) is 10.6. The van der Waals surface area contributed by atoms with Gasteiger partial charge >= 0.3 is 0 Å². The Morgan fingerprint density at radius 2 is 2.03 bits per heavy atom. The Morgan fingerprint density at radius 3 is 2.66 bits per heavy atom. The van der Waals surface area contributed by atoms with E-state index in [4.69, 9.17) is 33.2 Å². The van der Waals surface area contributed by atoms with Crippen LogP contribution in [0.15, 0.2) is 29.2 Å². The first-order valence-corrected chi connectivity index (χ1v) is 11.4. The average molecular weight is 453 g/mol. The van der Waals surface area contributed by atoms with Crippen molar-refractivity contribution in [3.63, 3.8) is 0 Å². The SMILES string of the molecule is C[C@H]1COCCN1c1cc(C2(S(=O)(=O)c3ccc(C#N)cc3Cl)CC2)nc(Cl)n1. The van der Waals surface area contributed by atoms with E-state index in [1.807, 2.05) is 17.9 Å². The maximum atomic E-state index is 13.5. The van der Waals surface area contributed by atoms with Gasteiger partial charge in [-0.05, 0) is 49.6 Å². The lowest BCUT2D eigenvalue weighted by Crippen LogP contribution is -2.44. The minimum Gasteiger partial charge on any atom is -0.377 e. The van der Waals surface area contributed by atoms with Gasteiger partial charge < -0.3 is 9.64 Å². The zero-order chi connectivity index (χ0) is 20.8. The Labute approximate surface area is 179 Å². The molecule has 1 aliphatic heterocycles. The van der Waals surface area contributed by atoms with Crippen molar-refractivity contribution < 1.29 is 13.2 Å². The number of halogens is 2. The average Bonchev–Trinajstić information content (AvgIpc) is 3.50. The number of hydrogen-bond acceptors (Lipinski definition) is 7. The van der Waals surface area contributed by atoms with Crippen LogP contribution in [0.4, 0.5) is 5.82 Å². The molecule has 2 aromatic rings. The molecule has 1 saturated carbocycles. The van der Waals surface area contributed by atoms with Crippen molar-refractivity contribution in [1.82, 2.24) is 9.97 Å². The zero-order valence-corrected chi connectivity index (χ0v) is 17.9. The van der Waals surface area contributed by atoms with E-state index in [1.54, 1.807) is 6.07 Å². The van der Waals surface area contributed by atoms with Gasteiger partial charge in [-0.1, -0.05) is 11.6 Å². The second kappa shape index (κ2) is 7.40. The number of sulfone groups is 1. The van der Waals surface area contributed by atoms with Crippen molar-refractivity contribution in [3.05, 3.63) is 45.8 Å². The number of hydrogen-bond donors (Lipinski definition) is 0. The van der Waals surface area contributed by atoms with Gasteiger partial charge in [0.1, 0.15) is 10.6 Å². The van der Waals surface area contributed by atoms with Crippen LogP contribution in [0.25, 0.3) is 0 Å². The summed E-state index contributed by atoms with van der Waals surface area (Å²) in [6.45, 7) is 3.76. The van der Waals surface area contributed by atoms with E-state index in [0.29, 0.717) is 49.7 Å². The van der Waals surface area contributed by atoms with Crippen LogP contribution in [0.1, 0.15) is 31.0 Å². The van der Waals surface area contributed by atoms with Crippen molar-refractivity contribution in [2.75, 3.05) is 24.7 Å². The number of rotatable bonds is 4. The normalized spacial score (nSPS) is 20.9. The smallest absolute Gasteiger partial charge is 0.224 e. The van der Waals surface area contributed by atoms with Crippen LogP contribution in [-0.4, -0.2) is 44.2 Å². The first-order chi connectivity index (χ1) is 13.8. The lowest BCUT2D eigenvalue weighted by atomic mass is 10.2. The highest BCUT2D eigenvalue weighted by atomic mass is 35.5. The molecule has 152 valence electrons. The van der Waals surface area contributed by atoms with Crippen molar-refractivity contribution in [2.45, 2.75) is 35.4 Å². The molecular weight excluding hydrogens is 435 g/mol. The molecule has 1 saturated heterocycles. The molecule has 7 nitrogen and oxygen atoms in total. The van der Waals surface area contributed by atoms with Crippen LogP contribution in [-0.2, 0) is 19.3 Å². The molecule has 0 bridgehead atoms. The highest BCUT2D eigenvalue weighted by Gasteiger charge is 2.58. The molecule has 1 aromatic carbocycles. The number of benzene rings is 1. The third-order valence-electron chi connectivity index (χ3n) is 5.38. The zero-order valence-electron chi connectivity index (χ0n) is 15.6. The highest BCUT2D eigenvalue weighted by Crippen LogP contribution is 2.55. The van der Waals surface area contributed by atoms with Crippen molar-refractivity contribution in [2.24, 2.45) is 0 Å². The third-order valence-corrected chi connectivity index (χ3v) is 8.56. The van der Waals surface area contributed by atoms with Crippen molar-refractivity contribution in [1.29, 1.82) is 5.26 Å². The van der Waals surface area contributed by atoms with Gasteiger partial charge in [0, 0.05) is 12.6 Å². The van der Waals surface area contributed by atoms with Gasteiger partial charge in [-0.25, -0.2) is 18.4 Å². The largest absolute Gasteiger partial charge is 0.377 e. The molecule has 1 aliphatic carbocycles. The topological polar surface area (TPSA) is 96.2 Å². The molecule has 2 fully saturated rings. The fourth-order valence-electron chi connectivity index (χ4n) is 3.63. The van der Waals surface area contributed by atoms with E-state index in [0.717, 1.165) is 0 Å². The summed E-state index contributed by atoms with van der Waals surface area (Å²) in [6, 6.07) is 7.93. The molecule has 0 amide bonds. The van der Waals surface area contributed by atoms with Gasteiger partial charge in [-0.15, -0.1) is 0 Å². The number of nitrogens with zero attached hydrogens (tertiary/aromatic N) is 4. The van der Waals surface area contributed by atoms with Crippen LogP contribution in [0.2, 0.25) is 10.3 Å². The Morgan fingerprint density at radius 1 is 1.28 bits per heavy atom. The monoisotopic (exact) mass is 452 g/mol. The Bertz CT molecular complexity index is 1110. The minimum absolute atomic E-state index is 0.00333. The summed E-state index contributed by atoms with van der Waals surface area (Å²) in [5.41, 5.74) is 0.666. The highest BCUT2D eigenvalue weighted by molar-refractivity contribution is 7.92. The fraction of sp³-hybridized carbons (Fsp3) is 0.421. The second-order valence-electron chi connectivity index (χ2n) is 7.25. The molecule has 0 spiro atoms. The maximum Gasteiger partial charge on any atom is 0.224 e. The first-order valence-electron chi connectivity index (χ1n) is 9.12. The molecule has 1 atom stereocenters. The van der Waals surface area contributed by atoms with Gasteiger partial charge in [0.05, 0.1) is 46.5 Å². The van der Waals surface area contributed by atoms with Crippen LogP contribution < -0.4 is 4.90 Å². The lowest BCUT2D eigenvalue weighted by molar-refractivity contribution is 0.0985. The minimum atomic E-state index is -3.85. The molecule has 2 heterocycles. The summed E-state index contributed by atoms with van der Waals surface area (Å²) < 4.78 is 31.3. The first kappa shape index (κ1) is 20.4. The van der Waals surface area contributed by atoms with Crippen molar-refractivity contribution >= 4 is 38.9 Å². The molecule has 4 rings (SSSR count). The molecule has 1 aromatic heterocycles. The van der Waals surface area contributed by atoms with Gasteiger partial charge in [0.2, 0.25) is 5.28 Å². The molecule has 0 radical (unpaired) electrons. The fourth-order valence-corrected chi connectivity index (χ4v) is 6.29. The van der Waals surface area contributed by atoms with Gasteiger partial charge in [-0.3, -0.25) is 0 Å². The van der Waals surface area contributed by atoms with Crippen LogP contribution in [0.5, 0.6) is 0 Å². The Hall–Kier alpha value is -1.92. The van der Waals surface area contributed by atoms with Crippen molar-refractivity contribution in [3.8, 4) is 6.07 Å². The Kier molecular flexibility index (Phi) is 5.20. The van der Waals surface area contributed by atoms with E-state index in [9.17, 15) is 8.42 Å². The standard InChI is InChI=1S/C19H18Cl2N4O3S/c1-12-11-28-7-6-25(12)17-9-16(23-18(21)24-17)19(4-5-19)29(26,27)15-3-2-13(10-22)8-14(15)20/h2-3,8-9,12H,4-7,11H2,1H3/t12-/m0/s1. The van der Waals surface area contributed by atoms with Crippen LogP contribution in [0, 0.1) is 11.3 Å². The van der Waals surface area contributed by atoms with E-state index in [1.165, 1.54) is 18.2 Å². The molecular formula is C19H18Cl2N4O3S. The summed E-state index contributed by atoms with van der Waals surface area (Å²) in [6.07, 6.45) is 0.828. The number of morpholine rings is 1. The van der Waals surface area contributed by atoms with E-state index in [2.05, 4.69) is 9.97 Å². The predicted molar refractivity (Wildman–Crippen MR) is 109 cm³/mol. The number of ether oxygens (including phenoxy) is 1. The third kappa shape index (κ3) is 3.46. The molecule has 10 heteroatoms. The van der Waals surface area contributed by atoms with Crippen LogP contribution in [0.3, 0.4) is 0 Å². The van der Waals surface area contributed by atoms with E-state index in [-0.39, 0.29) is 21.2 Å². The quantitative estimate of drug-likeness (QED) is 0.655. The number of anilines is 1. The number of aromatic nitrogens is 2. The van der Waals surface area contributed by atoms with Gasteiger partial charge in [-0.2, -0.15) is 5.26 Å². The predicted octanol–water partition coefficient (Wildman–Crippen LogP) is 3.34. The van der Waals surface area contributed by atoms with Gasteiger partial charge in [0.25, 0.3) is 0 Å². The summed E-state index contributed by atoms with van der Waals surface area (Å²) in [7, 11) is -3.85. The summed E-state index contributed by atoms with van der Waals surface area (Å²) >= 11 is 12.4. The molecule has 2 aliphatic rings. The van der Waals surface area contributed by atoms with Crippen LogP contribution >= 0.6 is 23.2 Å². The molecule has 0 N–H and O–H groups in total. The number of nitriles is 1. The summed E-state index contributed by atoms with van der Waals surface area (Å²) in [5.74, 6) is 0.586. The molecule has 29 heavy (non-hydrogen) atoms. The van der Waals surface area contributed by atoms with Gasteiger partial charge in [0.15, 0.2) is 9.84 Å². The van der Waals surface area contributed by atoms with E-state index < -0.39 is 14.6 Å². The molecule has 0 unspecified atom stereocenters. The lowest BCUT2D eigenvalue weighted by Gasteiger charge is -2.34. The second-order valence-corrected chi connectivity index (χ2v) is 10.2. The maximum absolute atomic E-state index is 13.5. The van der Waals surface area contributed by atoms with E-state index >= 15 is 0 Å². The summed E-state index contributed by atoms with van der Waals surface area (Å²) in [5, 5.41) is 9.04.